The number of carbonyl (C=O) groups is 1. The maximum Gasteiger partial charge on any atom is 0.239 e. The fourth-order valence-electron chi connectivity index (χ4n) is 2.61. The highest BCUT2D eigenvalue weighted by Crippen LogP contribution is 2.16. The Labute approximate surface area is 128 Å². The summed E-state index contributed by atoms with van der Waals surface area (Å²) in [5.41, 5.74) is 7.75. The van der Waals surface area contributed by atoms with Gasteiger partial charge in [-0.3, -0.25) is 9.69 Å². The van der Waals surface area contributed by atoms with Gasteiger partial charge in [-0.1, -0.05) is 12.1 Å². The Bertz CT molecular complexity index is 455. The van der Waals surface area contributed by atoms with Crippen LogP contribution in [0, 0.1) is 0 Å². The number of amides is 1. The quantitative estimate of drug-likeness (QED) is 0.786. The van der Waals surface area contributed by atoms with Gasteiger partial charge in [0, 0.05) is 31.4 Å². The van der Waals surface area contributed by atoms with Crippen molar-refractivity contribution in [2.45, 2.75) is 53.2 Å². The molecule has 0 saturated heterocycles. The van der Waals surface area contributed by atoms with Crippen molar-refractivity contribution in [3.05, 3.63) is 29.8 Å². The minimum atomic E-state index is -0.133. The monoisotopic (exact) mass is 291 g/mol. The van der Waals surface area contributed by atoms with Gasteiger partial charge >= 0.3 is 0 Å². The number of likely N-dealkylation sites (N-methyl/N-ethyl adjacent to an activating group) is 1. The zero-order chi connectivity index (χ0) is 16.0. The summed E-state index contributed by atoms with van der Waals surface area (Å²) in [6.07, 6.45) is 0. The maximum absolute atomic E-state index is 12.6. The lowest BCUT2D eigenvalue weighted by Crippen LogP contribution is -2.49. The highest BCUT2D eigenvalue weighted by Gasteiger charge is 2.26. The summed E-state index contributed by atoms with van der Waals surface area (Å²) in [7, 11) is 0. The molecule has 0 aromatic heterocycles. The predicted octanol–water partition coefficient (Wildman–Crippen LogP) is 2.74. The predicted molar refractivity (Wildman–Crippen MR) is 88.9 cm³/mol. The van der Waals surface area contributed by atoms with Crippen LogP contribution in [0.3, 0.4) is 0 Å². The highest BCUT2D eigenvalue weighted by atomic mass is 16.2. The lowest BCUT2D eigenvalue weighted by molar-refractivity contribution is -0.137. The molecule has 0 aliphatic heterocycles. The first-order valence-electron chi connectivity index (χ1n) is 7.79. The molecule has 0 radical (unpaired) electrons. The Morgan fingerprint density at radius 2 is 1.81 bits per heavy atom. The third kappa shape index (κ3) is 4.74. The smallest absolute Gasteiger partial charge is 0.239 e. The van der Waals surface area contributed by atoms with Gasteiger partial charge in [0.25, 0.3) is 0 Å². The number of hydrogen-bond donors (Lipinski definition) is 1. The van der Waals surface area contributed by atoms with E-state index in [0.717, 1.165) is 30.9 Å². The summed E-state index contributed by atoms with van der Waals surface area (Å²) in [5.74, 6) is 0.192. The first-order valence-corrected chi connectivity index (χ1v) is 7.79. The van der Waals surface area contributed by atoms with E-state index in [2.05, 4.69) is 24.8 Å². The maximum atomic E-state index is 12.6. The van der Waals surface area contributed by atoms with Gasteiger partial charge in [0.05, 0.1) is 6.04 Å². The lowest BCUT2D eigenvalue weighted by Gasteiger charge is -2.34. The number of rotatable bonds is 7. The van der Waals surface area contributed by atoms with E-state index >= 15 is 0 Å². The molecule has 0 bridgehead atoms. The topological polar surface area (TPSA) is 49.6 Å². The summed E-state index contributed by atoms with van der Waals surface area (Å²) in [6, 6.07) is 8.03. The van der Waals surface area contributed by atoms with Crippen molar-refractivity contribution >= 4 is 11.6 Å². The molecular formula is C17H29N3O. The van der Waals surface area contributed by atoms with Gasteiger partial charge < -0.3 is 10.6 Å². The van der Waals surface area contributed by atoms with Crippen molar-refractivity contribution in [2.24, 2.45) is 0 Å². The van der Waals surface area contributed by atoms with E-state index in [0.29, 0.717) is 6.04 Å². The number of carbonyl (C=O) groups excluding carboxylic acids is 1. The first kappa shape index (κ1) is 17.5. The summed E-state index contributed by atoms with van der Waals surface area (Å²) < 4.78 is 0. The molecule has 0 saturated carbocycles. The molecule has 2 N–H and O–H groups in total. The molecule has 0 heterocycles. The Hall–Kier alpha value is -1.55. The number of anilines is 1. The van der Waals surface area contributed by atoms with E-state index in [1.165, 1.54) is 0 Å². The molecule has 1 unspecified atom stereocenters. The molecule has 0 aliphatic carbocycles. The van der Waals surface area contributed by atoms with Crippen LogP contribution in [0.25, 0.3) is 0 Å². The van der Waals surface area contributed by atoms with Crippen molar-refractivity contribution in [3.63, 3.8) is 0 Å². The van der Waals surface area contributed by atoms with Crippen LogP contribution in [0.15, 0.2) is 24.3 Å². The van der Waals surface area contributed by atoms with Gasteiger partial charge in [0.2, 0.25) is 5.91 Å². The van der Waals surface area contributed by atoms with Gasteiger partial charge in [-0.25, -0.2) is 0 Å². The molecule has 1 rings (SSSR count). The molecule has 118 valence electrons. The van der Waals surface area contributed by atoms with Crippen LogP contribution >= 0.6 is 0 Å². The molecule has 0 spiro atoms. The van der Waals surface area contributed by atoms with Crippen LogP contribution in [0.1, 0.15) is 40.2 Å². The largest absolute Gasteiger partial charge is 0.399 e. The number of nitrogens with zero attached hydrogens (tertiary/aromatic N) is 2. The van der Waals surface area contributed by atoms with Crippen molar-refractivity contribution < 1.29 is 4.79 Å². The summed E-state index contributed by atoms with van der Waals surface area (Å²) in [6.45, 7) is 12.5. The summed E-state index contributed by atoms with van der Waals surface area (Å²) >= 11 is 0. The highest BCUT2D eigenvalue weighted by molar-refractivity contribution is 5.81. The summed E-state index contributed by atoms with van der Waals surface area (Å²) in [4.78, 5) is 16.7. The average Bonchev–Trinajstić information content (AvgIpc) is 2.45. The third-order valence-electron chi connectivity index (χ3n) is 3.91. The lowest BCUT2D eigenvalue weighted by atomic mass is 10.1. The number of nitrogens with two attached hydrogens (primary N) is 1. The van der Waals surface area contributed by atoms with Gasteiger partial charge in [0.15, 0.2) is 0 Å². The Morgan fingerprint density at radius 3 is 2.29 bits per heavy atom. The Balaban J connectivity index is 2.88. The summed E-state index contributed by atoms with van der Waals surface area (Å²) in [5, 5.41) is 0. The second-order valence-electron chi connectivity index (χ2n) is 5.70. The minimum absolute atomic E-state index is 0.133. The van der Waals surface area contributed by atoms with E-state index in [1.54, 1.807) is 0 Å². The van der Waals surface area contributed by atoms with Crippen molar-refractivity contribution in [1.29, 1.82) is 0 Å². The SMILES string of the molecule is CCN(CC)C(=O)C(C)N(Cc1cccc(N)c1)C(C)C. The van der Waals surface area contributed by atoms with E-state index in [-0.39, 0.29) is 11.9 Å². The molecule has 1 aromatic rings. The van der Waals surface area contributed by atoms with Gasteiger partial charge in [-0.15, -0.1) is 0 Å². The van der Waals surface area contributed by atoms with Crippen molar-refractivity contribution in [2.75, 3.05) is 18.8 Å². The van der Waals surface area contributed by atoms with E-state index in [9.17, 15) is 4.79 Å². The normalized spacial score (nSPS) is 12.7. The zero-order valence-electron chi connectivity index (χ0n) is 14.0. The number of nitrogen functional groups attached to an aromatic ring is 1. The molecule has 0 aliphatic rings. The molecule has 1 amide bonds. The van der Waals surface area contributed by atoms with E-state index < -0.39 is 0 Å². The van der Waals surface area contributed by atoms with E-state index in [4.69, 9.17) is 5.73 Å². The molecule has 0 fully saturated rings. The fourth-order valence-corrected chi connectivity index (χ4v) is 2.61. The minimum Gasteiger partial charge on any atom is -0.399 e. The fraction of sp³-hybridized carbons (Fsp3) is 0.588. The molecule has 1 atom stereocenters. The van der Waals surface area contributed by atoms with Crippen LogP contribution in [0.2, 0.25) is 0 Å². The second-order valence-corrected chi connectivity index (χ2v) is 5.70. The van der Waals surface area contributed by atoms with Gasteiger partial charge in [-0.2, -0.15) is 0 Å². The average molecular weight is 291 g/mol. The molecule has 21 heavy (non-hydrogen) atoms. The van der Waals surface area contributed by atoms with Crippen molar-refractivity contribution in [1.82, 2.24) is 9.80 Å². The van der Waals surface area contributed by atoms with Crippen LogP contribution in [0.4, 0.5) is 5.69 Å². The molecule has 4 heteroatoms. The molecule has 4 nitrogen and oxygen atoms in total. The van der Waals surface area contributed by atoms with Gasteiger partial charge in [-0.05, 0) is 52.3 Å². The molecule has 1 aromatic carbocycles. The van der Waals surface area contributed by atoms with Crippen LogP contribution < -0.4 is 5.73 Å². The third-order valence-corrected chi connectivity index (χ3v) is 3.91. The second kappa shape index (κ2) is 8.03. The van der Waals surface area contributed by atoms with E-state index in [1.807, 2.05) is 43.9 Å². The standard InChI is InChI=1S/C17H29N3O/c1-6-19(7-2)17(21)14(5)20(13(3)4)12-15-9-8-10-16(18)11-15/h8-11,13-14H,6-7,12,18H2,1-5H3. The Kier molecular flexibility index (Phi) is 6.69. The number of hydrogen-bond acceptors (Lipinski definition) is 3. The zero-order valence-corrected chi connectivity index (χ0v) is 14.0. The number of benzene rings is 1. The van der Waals surface area contributed by atoms with Crippen LogP contribution in [-0.4, -0.2) is 40.9 Å². The first-order chi connectivity index (χ1) is 9.90. The van der Waals surface area contributed by atoms with Crippen LogP contribution in [-0.2, 0) is 11.3 Å². The van der Waals surface area contributed by atoms with Gasteiger partial charge in [0.1, 0.15) is 0 Å². The van der Waals surface area contributed by atoms with Crippen LogP contribution in [0.5, 0.6) is 0 Å². The Morgan fingerprint density at radius 1 is 1.19 bits per heavy atom. The van der Waals surface area contributed by atoms with Crippen molar-refractivity contribution in [3.8, 4) is 0 Å². The molecular weight excluding hydrogens is 262 g/mol.